The summed E-state index contributed by atoms with van der Waals surface area (Å²) in [7, 11) is 0. The molecule has 2 rings (SSSR count). The van der Waals surface area contributed by atoms with E-state index in [1.165, 1.54) is 0 Å². The van der Waals surface area contributed by atoms with E-state index in [1.54, 1.807) is 0 Å². The van der Waals surface area contributed by atoms with E-state index in [0.29, 0.717) is 25.7 Å². The van der Waals surface area contributed by atoms with Gasteiger partial charge in [-0.2, -0.15) is 13.2 Å². The van der Waals surface area contributed by atoms with Crippen LogP contribution < -0.4 is 15.4 Å². The van der Waals surface area contributed by atoms with Gasteiger partial charge in [-0.05, 0) is 37.8 Å². The fraction of sp³-hybridized carbons (Fsp3) is 0.500. The molecular weight excluding hydrogens is 360 g/mol. The number of ether oxygens (including phenoxy) is 1. The fourth-order valence-corrected chi connectivity index (χ4v) is 2.71. The first kappa shape index (κ1) is 19.8. The molecule has 1 fully saturated rings. The Morgan fingerprint density at radius 2 is 1.85 bits per heavy atom. The Hall–Kier alpha value is -2.52. The van der Waals surface area contributed by atoms with Gasteiger partial charge >= 0.3 is 18.2 Å². The van der Waals surface area contributed by atoms with Crippen LogP contribution in [-0.4, -0.2) is 35.9 Å². The van der Waals surface area contributed by atoms with Gasteiger partial charge in [0.05, 0.1) is 11.6 Å². The van der Waals surface area contributed by atoms with Crippen LogP contribution in [0.1, 0.15) is 25.7 Å². The highest BCUT2D eigenvalue weighted by molar-refractivity contribution is 5.91. The number of carbonyl (C=O) groups excluding carboxylic acids is 1. The number of carboxylic acid groups (broad SMARTS) is 1. The molecule has 0 bridgehead atoms. The number of amides is 2. The van der Waals surface area contributed by atoms with Gasteiger partial charge in [0, 0.05) is 12.1 Å². The molecule has 1 aromatic rings. The minimum atomic E-state index is -4.60. The van der Waals surface area contributed by atoms with Gasteiger partial charge in [-0.3, -0.25) is 4.79 Å². The normalized spacial score (nSPS) is 20.3. The van der Waals surface area contributed by atoms with Gasteiger partial charge in [-0.15, -0.1) is 0 Å². The number of urea groups is 1. The molecule has 0 radical (unpaired) electrons. The Morgan fingerprint density at radius 3 is 2.42 bits per heavy atom. The molecule has 1 aliphatic carbocycles. The van der Waals surface area contributed by atoms with E-state index in [4.69, 9.17) is 5.11 Å². The molecule has 1 aromatic carbocycles. The van der Waals surface area contributed by atoms with Crippen molar-refractivity contribution in [1.29, 1.82) is 0 Å². The summed E-state index contributed by atoms with van der Waals surface area (Å²) in [5.74, 6) is -2.55. The molecule has 0 unspecified atom stereocenters. The maximum absolute atomic E-state index is 13.2. The topological polar surface area (TPSA) is 87.7 Å². The maximum Gasteiger partial charge on any atom is 0.422 e. The predicted octanol–water partition coefficient (Wildman–Crippen LogP) is 3.53. The molecule has 10 heteroatoms. The number of aliphatic carboxylic acids is 1. The number of alkyl halides is 3. The Labute approximate surface area is 146 Å². The second-order valence-corrected chi connectivity index (χ2v) is 6.03. The molecule has 1 aliphatic rings. The second kappa shape index (κ2) is 8.24. The average molecular weight is 378 g/mol. The number of hydrogen-bond acceptors (Lipinski definition) is 3. The van der Waals surface area contributed by atoms with Crippen molar-refractivity contribution in [3.63, 3.8) is 0 Å². The lowest BCUT2D eigenvalue weighted by Crippen LogP contribution is -2.41. The van der Waals surface area contributed by atoms with Crippen molar-refractivity contribution >= 4 is 17.7 Å². The summed E-state index contributed by atoms with van der Waals surface area (Å²) in [4.78, 5) is 22.9. The Balaban J connectivity index is 1.93. The van der Waals surface area contributed by atoms with Crippen molar-refractivity contribution in [2.75, 3.05) is 11.9 Å². The lowest BCUT2D eigenvalue weighted by molar-refractivity contribution is -0.153. The molecule has 26 heavy (non-hydrogen) atoms. The highest BCUT2D eigenvalue weighted by Crippen LogP contribution is 2.28. The minimum Gasteiger partial charge on any atom is -0.482 e. The monoisotopic (exact) mass is 378 g/mol. The van der Waals surface area contributed by atoms with Crippen molar-refractivity contribution in [3.05, 3.63) is 24.0 Å². The van der Waals surface area contributed by atoms with Crippen molar-refractivity contribution in [1.82, 2.24) is 5.32 Å². The summed E-state index contributed by atoms with van der Waals surface area (Å²) < 4.78 is 54.6. The number of carboxylic acids is 1. The highest BCUT2D eigenvalue weighted by Gasteiger charge is 2.29. The van der Waals surface area contributed by atoms with Crippen LogP contribution in [0, 0.1) is 11.7 Å². The second-order valence-electron chi connectivity index (χ2n) is 6.03. The fourth-order valence-electron chi connectivity index (χ4n) is 2.71. The van der Waals surface area contributed by atoms with Crippen molar-refractivity contribution in [2.45, 2.75) is 37.9 Å². The molecule has 6 nitrogen and oxygen atoms in total. The smallest absolute Gasteiger partial charge is 0.422 e. The standard InChI is InChI=1S/C16H18F4N2O4/c17-10-3-6-12(13(7-10)26-8-16(18,19)20)22-15(25)21-11-4-1-9(2-5-11)14(23)24/h3,6-7,9,11H,1-2,4-5,8H2,(H,23,24)(H2,21,22,25). The van der Waals surface area contributed by atoms with Crippen molar-refractivity contribution in [2.24, 2.45) is 5.92 Å². The van der Waals surface area contributed by atoms with Crippen LogP contribution in [0.25, 0.3) is 0 Å². The summed E-state index contributed by atoms with van der Waals surface area (Å²) in [6, 6.07) is 1.90. The van der Waals surface area contributed by atoms with Crippen LogP contribution in [0.2, 0.25) is 0 Å². The third-order valence-corrected chi connectivity index (χ3v) is 3.99. The van der Waals surface area contributed by atoms with E-state index in [1.807, 2.05) is 0 Å². The molecule has 0 atom stereocenters. The first-order valence-electron chi connectivity index (χ1n) is 7.93. The minimum absolute atomic E-state index is 0.104. The van der Waals surface area contributed by atoms with Gasteiger partial charge < -0.3 is 20.5 Å². The number of nitrogens with one attached hydrogen (secondary N) is 2. The highest BCUT2D eigenvalue weighted by atomic mass is 19.4. The number of benzene rings is 1. The van der Waals surface area contributed by atoms with Crippen molar-refractivity contribution in [3.8, 4) is 5.75 Å². The summed E-state index contributed by atoms with van der Waals surface area (Å²) in [5, 5.41) is 13.9. The summed E-state index contributed by atoms with van der Waals surface area (Å²) in [5.41, 5.74) is -0.104. The van der Waals surface area contributed by atoms with E-state index in [2.05, 4.69) is 15.4 Å². The molecular formula is C16H18F4N2O4. The van der Waals surface area contributed by atoms with Gasteiger partial charge in [0.15, 0.2) is 6.61 Å². The van der Waals surface area contributed by atoms with Crippen LogP contribution >= 0.6 is 0 Å². The van der Waals surface area contributed by atoms with Gasteiger partial charge in [0.2, 0.25) is 0 Å². The van der Waals surface area contributed by atoms with Gasteiger partial charge in [0.25, 0.3) is 0 Å². The molecule has 0 aromatic heterocycles. The number of rotatable bonds is 5. The summed E-state index contributed by atoms with van der Waals surface area (Å²) in [6.45, 7) is -1.62. The van der Waals surface area contributed by atoms with Crippen LogP contribution in [0.4, 0.5) is 28.0 Å². The Morgan fingerprint density at radius 1 is 1.19 bits per heavy atom. The lowest BCUT2D eigenvalue weighted by Gasteiger charge is -2.27. The van der Waals surface area contributed by atoms with E-state index >= 15 is 0 Å². The first-order valence-corrected chi connectivity index (χ1v) is 7.93. The van der Waals surface area contributed by atoms with Gasteiger partial charge in [0.1, 0.15) is 11.6 Å². The lowest BCUT2D eigenvalue weighted by atomic mass is 9.86. The molecule has 144 valence electrons. The Bertz CT molecular complexity index is 658. The average Bonchev–Trinajstić information content (AvgIpc) is 2.54. The van der Waals surface area contributed by atoms with Crippen molar-refractivity contribution < 1.29 is 37.0 Å². The number of halogens is 4. The first-order chi connectivity index (χ1) is 12.1. The van der Waals surface area contributed by atoms with E-state index < -0.39 is 42.3 Å². The van der Waals surface area contributed by atoms with Gasteiger partial charge in [-0.1, -0.05) is 0 Å². The molecule has 2 amide bonds. The molecule has 0 aliphatic heterocycles. The SMILES string of the molecule is O=C(Nc1ccc(F)cc1OCC(F)(F)F)NC1CCC(C(=O)O)CC1. The van der Waals surface area contributed by atoms with Gasteiger partial charge in [-0.25, -0.2) is 9.18 Å². The third kappa shape index (κ3) is 6.08. The van der Waals surface area contributed by atoms with Crippen LogP contribution in [-0.2, 0) is 4.79 Å². The molecule has 1 saturated carbocycles. The summed E-state index contributed by atoms with van der Waals surface area (Å²) >= 11 is 0. The van der Waals surface area contributed by atoms with E-state index in [0.717, 1.165) is 18.2 Å². The Kier molecular flexibility index (Phi) is 6.27. The number of carbonyl (C=O) groups is 2. The number of anilines is 1. The van der Waals surface area contributed by atoms with Crippen LogP contribution in [0.15, 0.2) is 18.2 Å². The van der Waals surface area contributed by atoms with Crippen LogP contribution in [0.3, 0.4) is 0 Å². The third-order valence-electron chi connectivity index (χ3n) is 3.99. The zero-order chi connectivity index (χ0) is 19.3. The molecule has 0 spiro atoms. The summed E-state index contributed by atoms with van der Waals surface area (Å²) in [6.07, 6.45) is -2.79. The maximum atomic E-state index is 13.2. The zero-order valence-electron chi connectivity index (χ0n) is 13.6. The van der Waals surface area contributed by atoms with E-state index in [9.17, 15) is 27.2 Å². The quantitative estimate of drug-likeness (QED) is 0.684. The van der Waals surface area contributed by atoms with E-state index in [-0.39, 0.29) is 11.7 Å². The molecule has 3 N–H and O–H groups in total. The zero-order valence-corrected chi connectivity index (χ0v) is 13.6. The van der Waals surface area contributed by atoms with Crippen LogP contribution in [0.5, 0.6) is 5.75 Å². The molecule has 0 saturated heterocycles. The molecule has 0 heterocycles. The number of hydrogen-bond donors (Lipinski definition) is 3. The largest absolute Gasteiger partial charge is 0.482 e. The predicted molar refractivity (Wildman–Crippen MR) is 83.5 cm³/mol.